The Hall–Kier alpha value is -1.24. The maximum atomic E-state index is 13.2. The predicted molar refractivity (Wildman–Crippen MR) is 49.1 cm³/mol. The summed E-state index contributed by atoms with van der Waals surface area (Å²) in [6.07, 6.45) is -5.82. The topological polar surface area (TPSA) is 26.0 Å². The van der Waals surface area contributed by atoms with Crippen molar-refractivity contribution < 1.29 is 26.3 Å². The normalized spacial score (nSPS) is 14.8. The van der Waals surface area contributed by atoms with Crippen molar-refractivity contribution in [3.63, 3.8) is 0 Å². The lowest BCUT2D eigenvalue weighted by Crippen LogP contribution is -2.46. The van der Waals surface area contributed by atoms with Gasteiger partial charge in [0.25, 0.3) is 0 Å². The van der Waals surface area contributed by atoms with E-state index in [4.69, 9.17) is 5.73 Å². The van der Waals surface area contributed by atoms with E-state index in [2.05, 4.69) is 0 Å². The molecule has 0 unspecified atom stereocenters. The van der Waals surface area contributed by atoms with Gasteiger partial charge >= 0.3 is 12.1 Å². The third kappa shape index (κ3) is 2.54. The maximum absolute atomic E-state index is 13.2. The van der Waals surface area contributed by atoms with Crippen LogP contribution in [0.1, 0.15) is 17.2 Å². The quantitative estimate of drug-likeness (QED) is 0.808. The minimum Gasteiger partial charge on any atom is -0.319 e. The van der Waals surface area contributed by atoms with Gasteiger partial charge in [0, 0.05) is 5.56 Å². The third-order valence-electron chi connectivity index (χ3n) is 2.26. The highest BCUT2D eigenvalue weighted by molar-refractivity contribution is 5.28. The Balaban J connectivity index is 3.21. The summed E-state index contributed by atoms with van der Waals surface area (Å²) in [5, 5.41) is 0. The second-order valence-corrected chi connectivity index (χ2v) is 3.62. The molecule has 0 aliphatic heterocycles. The first kappa shape index (κ1) is 13.8. The molecule has 0 radical (unpaired) electrons. The Labute approximate surface area is 93.2 Å². The molecular weight excluding hydrogens is 248 g/mol. The molecule has 0 aliphatic rings. The molecule has 17 heavy (non-hydrogen) atoms. The molecule has 1 atom stereocenters. The summed E-state index contributed by atoms with van der Waals surface area (Å²) < 4.78 is 75.1. The van der Waals surface area contributed by atoms with Crippen LogP contribution in [0.2, 0.25) is 0 Å². The summed E-state index contributed by atoms with van der Waals surface area (Å²) in [6, 6.07) is 0.163. The number of halogens is 6. The van der Waals surface area contributed by atoms with Crippen molar-refractivity contribution in [2.24, 2.45) is 5.73 Å². The van der Waals surface area contributed by atoms with Crippen LogP contribution in [0.3, 0.4) is 0 Å². The van der Waals surface area contributed by atoms with Crippen LogP contribution in [0.15, 0.2) is 18.2 Å². The molecule has 0 heterocycles. The summed E-state index contributed by atoms with van der Waals surface area (Å²) in [5.41, 5.74) is 4.31. The number of benzene rings is 1. The van der Waals surface area contributed by atoms with Crippen molar-refractivity contribution in [2.75, 3.05) is 0 Å². The van der Waals surface area contributed by atoms with E-state index in [1.54, 1.807) is 0 Å². The highest BCUT2D eigenvalue weighted by Gasteiger charge is 2.62. The zero-order chi connectivity index (χ0) is 13.4. The lowest BCUT2D eigenvalue weighted by Gasteiger charge is -2.26. The smallest absolute Gasteiger partial charge is 0.319 e. The SMILES string of the molecule is Cc1ccc(F)c([C@@H](N)C(F)(F)C(F)(F)F)c1. The highest BCUT2D eigenvalue weighted by Crippen LogP contribution is 2.43. The molecule has 0 saturated heterocycles. The summed E-state index contributed by atoms with van der Waals surface area (Å²) in [5.74, 6) is -6.37. The Morgan fingerprint density at radius 2 is 1.65 bits per heavy atom. The van der Waals surface area contributed by atoms with Crippen LogP contribution in [0.4, 0.5) is 26.3 Å². The third-order valence-corrected chi connectivity index (χ3v) is 2.26. The van der Waals surface area contributed by atoms with E-state index >= 15 is 0 Å². The first-order valence-electron chi connectivity index (χ1n) is 4.53. The Kier molecular flexibility index (Phi) is 3.42. The first-order valence-corrected chi connectivity index (χ1v) is 4.53. The maximum Gasteiger partial charge on any atom is 0.455 e. The minimum atomic E-state index is -5.82. The van der Waals surface area contributed by atoms with E-state index in [1.165, 1.54) is 13.0 Å². The van der Waals surface area contributed by atoms with Crippen molar-refractivity contribution in [1.82, 2.24) is 0 Å². The molecule has 0 fully saturated rings. The number of alkyl halides is 5. The van der Waals surface area contributed by atoms with Crippen LogP contribution in [-0.2, 0) is 0 Å². The minimum absolute atomic E-state index is 0.342. The standard InChI is InChI=1S/C10H9F6N/c1-5-2-3-7(11)6(4-5)8(17)9(12,13)10(14,15)16/h2-4,8H,17H2,1H3/t8-/m1/s1. The second kappa shape index (κ2) is 4.21. The van der Waals surface area contributed by atoms with Crippen LogP contribution < -0.4 is 5.73 Å². The lowest BCUT2D eigenvalue weighted by molar-refractivity contribution is -0.291. The fourth-order valence-corrected chi connectivity index (χ4v) is 1.27. The van der Waals surface area contributed by atoms with Gasteiger partial charge in [-0.2, -0.15) is 22.0 Å². The van der Waals surface area contributed by atoms with Crippen molar-refractivity contribution >= 4 is 0 Å². The number of nitrogens with two attached hydrogens (primary N) is 1. The van der Waals surface area contributed by atoms with Gasteiger partial charge in [-0.25, -0.2) is 4.39 Å². The van der Waals surface area contributed by atoms with E-state index in [0.717, 1.165) is 12.1 Å². The molecule has 1 nitrogen and oxygen atoms in total. The van der Waals surface area contributed by atoms with Crippen LogP contribution in [0.5, 0.6) is 0 Å². The molecule has 0 bridgehead atoms. The van der Waals surface area contributed by atoms with Crippen molar-refractivity contribution in [3.8, 4) is 0 Å². The molecule has 0 spiro atoms. The van der Waals surface area contributed by atoms with Gasteiger partial charge in [0.1, 0.15) is 11.9 Å². The molecule has 0 aromatic heterocycles. The van der Waals surface area contributed by atoms with Gasteiger partial charge in [-0.3, -0.25) is 0 Å². The van der Waals surface area contributed by atoms with Gasteiger partial charge in [0.05, 0.1) is 0 Å². The van der Waals surface area contributed by atoms with Crippen LogP contribution >= 0.6 is 0 Å². The van der Waals surface area contributed by atoms with Gasteiger partial charge < -0.3 is 5.73 Å². The fraction of sp³-hybridized carbons (Fsp3) is 0.400. The summed E-state index contributed by atoms with van der Waals surface area (Å²) >= 11 is 0. The molecule has 0 aliphatic carbocycles. The highest BCUT2D eigenvalue weighted by atomic mass is 19.4. The molecule has 96 valence electrons. The van der Waals surface area contributed by atoms with Gasteiger partial charge in [-0.15, -0.1) is 0 Å². The summed E-state index contributed by atoms with van der Waals surface area (Å²) in [6.45, 7) is 1.43. The molecule has 1 aromatic rings. The van der Waals surface area contributed by atoms with Crippen molar-refractivity contribution in [2.45, 2.75) is 25.1 Å². The zero-order valence-corrected chi connectivity index (χ0v) is 8.65. The number of rotatable bonds is 2. The average molecular weight is 257 g/mol. The monoisotopic (exact) mass is 257 g/mol. The second-order valence-electron chi connectivity index (χ2n) is 3.62. The lowest BCUT2D eigenvalue weighted by atomic mass is 9.99. The molecule has 1 rings (SSSR count). The number of aryl methyl sites for hydroxylation is 1. The summed E-state index contributed by atoms with van der Waals surface area (Å²) in [4.78, 5) is 0. The number of hydrogen-bond donors (Lipinski definition) is 1. The van der Waals surface area contributed by atoms with Gasteiger partial charge in [0.2, 0.25) is 0 Å². The van der Waals surface area contributed by atoms with Gasteiger partial charge in [-0.1, -0.05) is 17.7 Å². The van der Waals surface area contributed by atoms with E-state index in [0.29, 0.717) is 5.56 Å². The predicted octanol–water partition coefficient (Wildman–Crippen LogP) is 3.33. The molecule has 0 saturated carbocycles. The van der Waals surface area contributed by atoms with Gasteiger partial charge in [-0.05, 0) is 13.0 Å². The van der Waals surface area contributed by atoms with E-state index in [9.17, 15) is 26.3 Å². The van der Waals surface area contributed by atoms with Crippen molar-refractivity contribution in [1.29, 1.82) is 0 Å². The van der Waals surface area contributed by atoms with E-state index < -0.39 is 29.5 Å². The van der Waals surface area contributed by atoms with Crippen molar-refractivity contribution in [3.05, 3.63) is 35.1 Å². The first-order chi connectivity index (χ1) is 7.57. The van der Waals surface area contributed by atoms with Gasteiger partial charge in [0.15, 0.2) is 0 Å². The van der Waals surface area contributed by atoms with E-state index in [-0.39, 0.29) is 0 Å². The Morgan fingerprint density at radius 1 is 1.12 bits per heavy atom. The largest absolute Gasteiger partial charge is 0.455 e. The molecule has 7 heteroatoms. The number of hydrogen-bond acceptors (Lipinski definition) is 1. The van der Waals surface area contributed by atoms with E-state index in [1.807, 2.05) is 0 Å². The average Bonchev–Trinajstić information content (AvgIpc) is 2.19. The van der Waals surface area contributed by atoms with Crippen LogP contribution in [0.25, 0.3) is 0 Å². The fourth-order valence-electron chi connectivity index (χ4n) is 1.27. The molecule has 1 aromatic carbocycles. The van der Waals surface area contributed by atoms with Crippen LogP contribution in [-0.4, -0.2) is 12.1 Å². The molecule has 0 amide bonds. The summed E-state index contributed by atoms with van der Waals surface area (Å²) in [7, 11) is 0. The molecule has 2 N–H and O–H groups in total. The zero-order valence-electron chi connectivity index (χ0n) is 8.65. The van der Waals surface area contributed by atoms with Crippen LogP contribution in [0, 0.1) is 12.7 Å². The Bertz CT molecular complexity index is 412. The Morgan fingerprint density at radius 3 is 2.12 bits per heavy atom. The molecular formula is C10H9F6N.